The molecule has 1 amide bonds. The number of amides is 1. The molecule has 0 fully saturated rings. The second kappa shape index (κ2) is 7.03. The molecule has 5 nitrogen and oxygen atoms in total. The van der Waals surface area contributed by atoms with Gasteiger partial charge in [0.2, 0.25) is 0 Å². The Morgan fingerprint density at radius 1 is 0.885 bits per heavy atom. The van der Waals surface area contributed by atoms with Crippen LogP contribution in [0.4, 0.5) is 5.69 Å². The van der Waals surface area contributed by atoms with Gasteiger partial charge >= 0.3 is 0 Å². The van der Waals surface area contributed by atoms with E-state index in [0.717, 1.165) is 28.1 Å². The van der Waals surface area contributed by atoms with E-state index in [9.17, 15) is 4.79 Å². The Morgan fingerprint density at radius 2 is 1.69 bits per heavy atom. The average molecular weight is 340 g/mol. The lowest BCUT2D eigenvalue weighted by atomic mass is 10.0. The van der Waals surface area contributed by atoms with E-state index in [0.29, 0.717) is 5.56 Å². The number of nitrogens with zero attached hydrogens (tertiary/aromatic N) is 2. The standard InChI is InChI=1S/C21H16N4O/c26-21(24-18-7-2-1-3-8-18)17-6-4-5-16(13-17)20-19(14-23-25-20)15-9-11-22-12-10-15/h1-14H,(H,23,25)(H,24,26). The minimum atomic E-state index is -0.150. The van der Waals surface area contributed by atoms with Crippen molar-refractivity contribution >= 4 is 11.6 Å². The average Bonchev–Trinajstić information content (AvgIpc) is 3.19. The highest BCUT2D eigenvalue weighted by Crippen LogP contribution is 2.30. The summed E-state index contributed by atoms with van der Waals surface area (Å²) in [6, 6.07) is 20.7. The van der Waals surface area contributed by atoms with Gasteiger partial charge in [0.15, 0.2) is 0 Å². The first-order chi connectivity index (χ1) is 12.8. The van der Waals surface area contributed by atoms with Crippen LogP contribution in [0.5, 0.6) is 0 Å². The summed E-state index contributed by atoms with van der Waals surface area (Å²) in [6.45, 7) is 0. The Kier molecular flexibility index (Phi) is 4.26. The molecule has 0 saturated heterocycles. The molecule has 0 saturated carbocycles. The van der Waals surface area contributed by atoms with Crippen LogP contribution in [-0.2, 0) is 0 Å². The molecule has 26 heavy (non-hydrogen) atoms. The number of carbonyl (C=O) groups is 1. The molecule has 5 heteroatoms. The van der Waals surface area contributed by atoms with Gasteiger partial charge in [-0.2, -0.15) is 5.10 Å². The summed E-state index contributed by atoms with van der Waals surface area (Å²) in [5, 5.41) is 10.1. The zero-order chi connectivity index (χ0) is 17.8. The zero-order valence-electron chi connectivity index (χ0n) is 13.9. The Balaban J connectivity index is 1.65. The van der Waals surface area contributed by atoms with Gasteiger partial charge in [0.25, 0.3) is 5.91 Å². The third-order valence-electron chi connectivity index (χ3n) is 4.08. The largest absolute Gasteiger partial charge is 0.322 e. The van der Waals surface area contributed by atoms with Crippen molar-refractivity contribution in [3.63, 3.8) is 0 Å². The lowest BCUT2D eigenvalue weighted by Crippen LogP contribution is -2.11. The minimum absolute atomic E-state index is 0.150. The number of nitrogens with one attached hydrogen (secondary N) is 2. The van der Waals surface area contributed by atoms with Crippen molar-refractivity contribution in [2.45, 2.75) is 0 Å². The van der Waals surface area contributed by atoms with E-state index >= 15 is 0 Å². The number of pyridine rings is 1. The van der Waals surface area contributed by atoms with Crippen molar-refractivity contribution in [1.82, 2.24) is 15.2 Å². The Labute approximate surface area is 150 Å². The van der Waals surface area contributed by atoms with Gasteiger partial charge in [0, 0.05) is 34.8 Å². The fraction of sp³-hybridized carbons (Fsp3) is 0. The number of benzene rings is 2. The normalized spacial score (nSPS) is 10.5. The highest BCUT2D eigenvalue weighted by atomic mass is 16.1. The smallest absolute Gasteiger partial charge is 0.255 e. The topological polar surface area (TPSA) is 70.7 Å². The maximum atomic E-state index is 12.5. The summed E-state index contributed by atoms with van der Waals surface area (Å²) in [5.74, 6) is -0.150. The molecular weight excluding hydrogens is 324 g/mol. The molecule has 126 valence electrons. The predicted molar refractivity (Wildman–Crippen MR) is 102 cm³/mol. The minimum Gasteiger partial charge on any atom is -0.322 e. The summed E-state index contributed by atoms with van der Waals surface area (Å²) in [6.07, 6.45) is 5.27. The molecule has 0 unspecified atom stereocenters. The zero-order valence-corrected chi connectivity index (χ0v) is 13.9. The van der Waals surface area contributed by atoms with Crippen molar-refractivity contribution in [3.05, 3.63) is 90.9 Å². The lowest BCUT2D eigenvalue weighted by Gasteiger charge is -2.08. The summed E-state index contributed by atoms with van der Waals surface area (Å²) in [5.41, 5.74) is 5.10. The van der Waals surface area contributed by atoms with E-state index in [-0.39, 0.29) is 5.91 Å². The van der Waals surface area contributed by atoms with Crippen LogP contribution in [0.3, 0.4) is 0 Å². The number of aromatic nitrogens is 3. The fourth-order valence-electron chi connectivity index (χ4n) is 2.80. The number of aromatic amines is 1. The van der Waals surface area contributed by atoms with Crippen LogP contribution in [0.15, 0.2) is 85.3 Å². The van der Waals surface area contributed by atoms with E-state index in [1.165, 1.54) is 0 Å². The number of H-pyrrole nitrogens is 1. The fourth-order valence-corrected chi connectivity index (χ4v) is 2.80. The Hall–Kier alpha value is -3.73. The van der Waals surface area contributed by atoms with Gasteiger partial charge in [-0.15, -0.1) is 0 Å². The SMILES string of the molecule is O=C(Nc1ccccc1)c1cccc(-c2[nH]ncc2-c2ccncc2)c1. The number of hydrogen-bond acceptors (Lipinski definition) is 3. The summed E-state index contributed by atoms with van der Waals surface area (Å²) >= 11 is 0. The molecule has 0 aliphatic heterocycles. The van der Waals surface area contributed by atoms with Crippen molar-refractivity contribution in [1.29, 1.82) is 0 Å². The molecule has 4 rings (SSSR count). The first-order valence-electron chi connectivity index (χ1n) is 8.22. The molecule has 2 aromatic carbocycles. The quantitative estimate of drug-likeness (QED) is 0.579. The van der Waals surface area contributed by atoms with Crippen LogP contribution in [0.25, 0.3) is 22.4 Å². The first kappa shape index (κ1) is 15.8. The monoisotopic (exact) mass is 340 g/mol. The Morgan fingerprint density at radius 3 is 2.50 bits per heavy atom. The molecule has 2 N–H and O–H groups in total. The third-order valence-corrected chi connectivity index (χ3v) is 4.08. The van der Waals surface area contributed by atoms with Gasteiger partial charge in [0.05, 0.1) is 11.9 Å². The number of anilines is 1. The van der Waals surface area contributed by atoms with E-state index in [4.69, 9.17) is 0 Å². The van der Waals surface area contributed by atoms with E-state index in [1.807, 2.05) is 60.7 Å². The molecule has 0 aliphatic rings. The molecule has 0 spiro atoms. The molecular formula is C21H16N4O. The molecule has 2 aromatic heterocycles. The number of para-hydroxylation sites is 1. The maximum Gasteiger partial charge on any atom is 0.255 e. The van der Waals surface area contributed by atoms with Crippen molar-refractivity contribution in [2.24, 2.45) is 0 Å². The highest BCUT2D eigenvalue weighted by Gasteiger charge is 2.12. The number of carbonyl (C=O) groups excluding carboxylic acids is 1. The third kappa shape index (κ3) is 3.23. The number of hydrogen-bond donors (Lipinski definition) is 2. The van der Waals surface area contributed by atoms with Crippen LogP contribution in [0, 0.1) is 0 Å². The molecule has 0 bridgehead atoms. The second-order valence-electron chi connectivity index (χ2n) is 5.80. The predicted octanol–water partition coefficient (Wildman–Crippen LogP) is 4.39. The summed E-state index contributed by atoms with van der Waals surface area (Å²) in [4.78, 5) is 16.6. The van der Waals surface area contributed by atoms with Gasteiger partial charge in [-0.3, -0.25) is 14.9 Å². The molecule has 0 radical (unpaired) electrons. The van der Waals surface area contributed by atoms with E-state index in [1.54, 1.807) is 24.7 Å². The molecule has 4 aromatic rings. The van der Waals surface area contributed by atoms with Crippen LogP contribution in [0.1, 0.15) is 10.4 Å². The highest BCUT2D eigenvalue weighted by molar-refractivity contribution is 6.05. The van der Waals surface area contributed by atoms with E-state index in [2.05, 4.69) is 20.5 Å². The van der Waals surface area contributed by atoms with Crippen molar-refractivity contribution < 1.29 is 4.79 Å². The first-order valence-corrected chi connectivity index (χ1v) is 8.22. The second-order valence-corrected chi connectivity index (χ2v) is 5.80. The molecule has 0 aliphatic carbocycles. The summed E-state index contributed by atoms with van der Waals surface area (Å²) < 4.78 is 0. The van der Waals surface area contributed by atoms with Crippen molar-refractivity contribution in [2.75, 3.05) is 5.32 Å². The van der Waals surface area contributed by atoms with Crippen LogP contribution in [0.2, 0.25) is 0 Å². The van der Waals surface area contributed by atoms with Gasteiger partial charge < -0.3 is 5.32 Å². The molecule has 0 atom stereocenters. The van der Waals surface area contributed by atoms with Crippen molar-refractivity contribution in [3.8, 4) is 22.4 Å². The summed E-state index contributed by atoms with van der Waals surface area (Å²) in [7, 11) is 0. The van der Waals surface area contributed by atoms with Crippen LogP contribution >= 0.6 is 0 Å². The maximum absolute atomic E-state index is 12.5. The number of rotatable bonds is 4. The van der Waals surface area contributed by atoms with Gasteiger partial charge in [-0.1, -0.05) is 30.3 Å². The van der Waals surface area contributed by atoms with Crippen LogP contribution < -0.4 is 5.32 Å². The van der Waals surface area contributed by atoms with E-state index < -0.39 is 0 Å². The Bertz CT molecular complexity index is 1030. The lowest BCUT2D eigenvalue weighted by molar-refractivity contribution is 0.102. The van der Waals surface area contributed by atoms with Gasteiger partial charge in [0.1, 0.15) is 0 Å². The van der Waals surface area contributed by atoms with Crippen LogP contribution in [-0.4, -0.2) is 21.1 Å². The molecule has 2 heterocycles. The van der Waals surface area contributed by atoms with Gasteiger partial charge in [-0.05, 0) is 42.0 Å². The van der Waals surface area contributed by atoms with Gasteiger partial charge in [-0.25, -0.2) is 0 Å².